The Kier molecular flexibility index (Phi) is 4.74. The Morgan fingerprint density at radius 1 is 1.38 bits per heavy atom. The number of hydrogen-bond donors (Lipinski definition) is 0. The lowest BCUT2D eigenvalue weighted by Gasteiger charge is -2.09. The molecule has 2 rings (SSSR count). The summed E-state index contributed by atoms with van der Waals surface area (Å²) in [5, 5.41) is 11.7. The van der Waals surface area contributed by atoms with Crippen molar-refractivity contribution in [3.8, 4) is 17.4 Å². The average Bonchev–Trinajstić information content (AvgIpc) is 2.49. The lowest BCUT2D eigenvalue weighted by Crippen LogP contribution is -1.96. The molecule has 0 amide bonds. The Labute approximate surface area is 130 Å². The zero-order valence-corrected chi connectivity index (χ0v) is 13.1. The number of halogens is 1. The number of nitrogens with zero attached hydrogens (tertiary/aromatic N) is 2. The van der Waals surface area contributed by atoms with Crippen molar-refractivity contribution in [1.82, 2.24) is 4.98 Å². The maximum Gasteiger partial charge on any atom is 0.314 e. The minimum atomic E-state index is -0.514. The normalized spacial score (nSPS) is 10.2. The highest BCUT2D eigenvalue weighted by molar-refractivity contribution is 9.08. The number of hydrogen-bond acceptors (Lipinski definition) is 5. The van der Waals surface area contributed by atoms with Crippen LogP contribution < -0.4 is 9.47 Å². The summed E-state index contributed by atoms with van der Waals surface area (Å²) in [6, 6.07) is 6.36. The molecular weight excluding hydrogens is 340 g/mol. The first-order chi connectivity index (χ1) is 10.0. The lowest BCUT2D eigenvalue weighted by molar-refractivity contribution is -0.385. The molecule has 0 atom stereocenters. The summed E-state index contributed by atoms with van der Waals surface area (Å²) in [7, 11) is 1.38. The highest BCUT2D eigenvalue weighted by Gasteiger charge is 2.16. The molecule has 0 aliphatic rings. The molecule has 0 N–H and O–H groups in total. The van der Waals surface area contributed by atoms with E-state index in [9.17, 15) is 10.1 Å². The first kappa shape index (κ1) is 15.2. The number of benzene rings is 1. The van der Waals surface area contributed by atoms with Crippen molar-refractivity contribution < 1.29 is 14.4 Å². The topological polar surface area (TPSA) is 74.5 Å². The van der Waals surface area contributed by atoms with Crippen LogP contribution in [0, 0.1) is 17.0 Å². The smallest absolute Gasteiger partial charge is 0.314 e. The molecule has 0 spiro atoms. The van der Waals surface area contributed by atoms with Gasteiger partial charge < -0.3 is 9.47 Å². The molecule has 2 aromatic rings. The number of aromatic nitrogens is 1. The minimum absolute atomic E-state index is 0.148. The molecule has 0 saturated heterocycles. The number of pyridine rings is 1. The van der Waals surface area contributed by atoms with E-state index in [-0.39, 0.29) is 11.4 Å². The van der Waals surface area contributed by atoms with Crippen LogP contribution in [0.2, 0.25) is 0 Å². The molecule has 1 aromatic carbocycles. The fourth-order valence-corrected chi connectivity index (χ4v) is 2.09. The second-order valence-corrected chi connectivity index (χ2v) is 4.85. The molecule has 1 aromatic heterocycles. The summed E-state index contributed by atoms with van der Waals surface area (Å²) in [4.78, 5) is 14.7. The van der Waals surface area contributed by atoms with Gasteiger partial charge in [0.2, 0.25) is 5.88 Å². The predicted molar refractivity (Wildman–Crippen MR) is 81.3 cm³/mol. The van der Waals surface area contributed by atoms with E-state index in [0.717, 1.165) is 11.1 Å². The lowest BCUT2D eigenvalue weighted by atomic mass is 10.2. The van der Waals surface area contributed by atoms with Gasteiger partial charge in [-0.3, -0.25) is 10.1 Å². The van der Waals surface area contributed by atoms with Gasteiger partial charge >= 0.3 is 5.69 Å². The van der Waals surface area contributed by atoms with Crippen LogP contribution in [0.4, 0.5) is 5.69 Å². The maximum absolute atomic E-state index is 11.0. The number of ether oxygens (including phenoxy) is 2. The van der Waals surface area contributed by atoms with Crippen LogP contribution in [0.25, 0.3) is 0 Å². The SMILES string of the molecule is COc1ccc(Oc2ncc(CBr)cc2C)cc1[N+](=O)[O-]. The Morgan fingerprint density at radius 3 is 2.71 bits per heavy atom. The van der Waals surface area contributed by atoms with Crippen molar-refractivity contribution in [2.75, 3.05) is 7.11 Å². The van der Waals surface area contributed by atoms with Crippen LogP contribution in [-0.2, 0) is 5.33 Å². The van der Waals surface area contributed by atoms with Gasteiger partial charge in [0, 0.05) is 17.1 Å². The fraction of sp³-hybridized carbons (Fsp3) is 0.214. The molecule has 6 nitrogen and oxygen atoms in total. The van der Waals surface area contributed by atoms with Crippen LogP contribution in [0.1, 0.15) is 11.1 Å². The van der Waals surface area contributed by atoms with Crippen molar-refractivity contribution in [3.63, 3.8) is 0 Å². The molecule has 0 radical (unpaired) electrons. The number of methoxy groups -OCH3 is 1. The summed E-state index contributed by atoms with van der Waals surface area (Å²) in [5.74, 6) is 0.940. The predicted octanol–water partition coefficient (Wildman–Crippen LogP) is 3.99. The van der Waals surface area contributed by atoms with Crippen molar-refractivity contribution in [2.24, 2.45) is 0 Å². The Balaban J connectivity index is 2.31. The monoisotopic (exact) mass is 352 g/mol. The summed E-state index contributed by atoms with van der Waals surface area (Å²) in [6.45, 7) is 1.87. The largest absolute Gasteiger partial charge is 0.490 e. The van der Waals surface area contributed by atoms with Gasteiger partial charge in [-0.15, -0.1) is 0 Å². The van der Waals surface area contributed by atoms with Crippen LogP contribution >= 0.6 is 15.9 Å². The first-order valence-electron chi connectivity index (χ1n) is 6.07. The highest BCUT2D eigenvalue weighted by atomic mass is 79.9. The molecule has 1 heterocycles. The molecule has 0 fully saturated rings. The van der Waals surface area contributed by atoms with E-state index in [1.54, 1.807) is 12.3 Å². The van der Waals surface area contributed by atoms with Crippen LogP contribution in [-0.4, -0.2) is 17.0 Å². The van der Waals surface area contributed by atoms with E-state index in [0.29, 0.717) is 17.0 Å². The zero-order chi connectivity index (χ0) is 15.4. The third-order valence-corrected chi connectivity index (χ3v) is 3.45. The van der Waals surface area contributed by atoms with Crippen molar-refractivity contribution in [3.05, 3.63) is 51.7 Å². The van der Waals surface area contributed by atoms with Crippen LogP contribution in [0.3, 0.4) is 0 Å². The van der Waals surface area contributed by atoms with E-state index in [1.807, 2.05) is 13.0 Å². The molecule has 0 aliphatic heterocycles. The van der Waals surface area contributed by atoms with E-state index in [1.165, 1.54) is 19.2 Å². The molecule has 0 aliphatic carbocycles. The van der Waals surface area contributed by atoms with Gasteiger partial charge in [-0.25, -0.2) is 4.98 Å². The first-order valence-corrected chi connectivity index (χ1v) is 7.19. The van der Waals surface area contributed by atoms with Gasteiger partial charge in [-0.05, 0) is 30.7 Å². The molecule has 0 bridgehead atoms. The third kappa shape index (κ3) is 3.49. The molecule has 0 saturated carbocycles. The van der Waals surface area contributed by atoms with Gasteiger partial charge in [0.15, 0.2) is 5.75 Å². The number of rotatable bonds is 5. The number of alkyl halides is 1. The molecule has 0 unspecified atom stereocenters. The van der Waals surface area contributed by atoms with Gasteiger partial charge in [-0.1, -0.05) is 15.9 Å². The van der Waals surface area contributed by atoms with Crippen molar-refractivity contribution >= 4 is 21.6 Å². The summed E-state index contributed by atoms with van der Waals surface area (Å²) >= 11 is 3.35. The Morgan fingerprint density at radius 2 is 2.14 bits per heavy atom. The second-order valence-electron chi connectivity index (χ2n) is 4.29. The van der Waals surface area contributed by atoms with Gasteiger partial charge in [-0.2, -0.15) is 0 Å². The van der Waals surface area contributed by atoms with Crippen molar-refractivity contribution in [2.45, 2.75) is 12.3 Å². The summed E-state index contributed by atoms with van der Waals surface area (Å²) in [6.07, 6.45) is 1.69. The fourth-order valence-electron chi connectivity index (χ4n) is 1.79. The van der Waals surface area contributed by atoms with E-state index >= 15 is 0 Å². The quantitative estimate of drug-likeness (QED) is 0.462. The maximum atomic E-state index is 11.0. The minimum Gasteiger partial charge on any atom is -0.490 e. The van der Waals surface area contributed by atoms with Crippen molar-refractivity contribution in [1.29, 1.82) is 0 Å². The average molecular weight is 353 g/mol. The van der Waals surface area contributed by atoms with Gasteiger partial charge in [0.1, 0.15) is 5.75 Å². The van der Waals surface area contributed by atoms with Gasteiger partial charge in [0.05, 0.1) is 18.1 Å². The van der Waals surface area contributed by atoms with E-state index in [2.05, 4.69) is 20.9 Å². The summed E-state index contributed by atoms with van der Waals surface area (Å²) < 4.78 is 10.6. The van der Waals surface area contributed by atoms with E-state index < -0.39 is 4.92 Å². The molecular formula is C14H13BrN2O4. The Bertz CT molecular complexity index is 676. The number of aryl methyl sites for hydroxylation is 1. The number of nitro benzene ring substituents is 1. The highest BCUT2D eigenvalue weighted by Crippen LogP contribution is 2.33. The zero-order valence-electron chi connectivity index (χ0n) is 11.5. The molecule has 110 valence electrons. The number of nitro groups is 1. The van der Waals surface area contributed by atoms with Crippen LogP contribution in [0.15, 0.2) is 30.5 Å². The summed E-state index contributed by atoms with van der Waals surface area (Å²) in [5.41, 5.74) is 1.73. The molecule has 7 heteroatoms. The Hall–Kier alpha value is -2.15. The standard InChI is InChI=1S/C14H13BrN2O4/c1-9-5-10(7-15)8-16-14(9)21-11-3-4-13(20-2)12(6-11)17(18)19/h3-6,8H,7H2,1-2H3. The second kappa shape index (κ2) is 6.53. The third-order valence-electron chi connectivity index (χ3n) is 2.80. The molecule has 21 heavy (non-hydrogen) atoms. The van der Waals surface area contributed by atoms with Crippen LogP contribution in [0.5, 0.6) is 17.4 Å². The van der Waals surface area contributed by atoms with Gasteiger partial charge in [0.25, 0.3) is 0 Å². The van der Waals surface area contributed by atoms with E-state index in [4.69, 9.17) is 9.47 Å².